The normalized spacial score (nSPS) is 12.8. The van der Waals surface area contributed by atoms with Crippen LogP contribution in [0.4, 0.5) is 17.1 Å². The highest BCUT2D eigenvalue weighted by molar-refractivity contribution is 6.11. The minimum Gasteiger partial charge on any atom is -0.455 e. The van der Waals surface area contributed by atoms with Crippen LogP contribution in [-0.2, 0) is 5.41 Å². The minimum atomic E-state index is -0.228. The zero-order valence-electron chi connectivity index (χ0n) is 36.7. The second-order valence-electron chi connectivity index (χ2n) is 18.0. The van der Waals surface area contributed by atoms with E-state index in [9.17, 15) is 0 Å². The number of furan rings is 1. The molecule has 1 aliphatic carbocycles. The molecular formula is C63H44N2O. The molecule has 2 heterocycles. The maximum atomic E-state index is 6.46. The van der Waals surface area contributed by atoms with Crippen molar-refractivity contribution in [3.8, 4) is 50.2 Å². The highest BCUT2D eigenvalue weighted by Gasteiger charge is 2.39. The van der Waals surface area contributed by atoms with Crippen molar-refractivity contribution in [2.24, 2.45) is 0 Å². The molecule has 0 bridgehead atoms. The van der Waals surface area contributed by atoms with Gasteiger partial charge in [-0.3, -0.25) is 0 Å². The van der Waals surface area contributed by atoms with Gasteiger partial charge in [0.1, 0.15) is 11.2 Å². The Morgan fingerprint density at radius 3 is 1.52 bits per heavy atom. The van der Waals surface area contributed by atoms with Crippen molar-refractivity contribution in [1.82, 2.24) is 4.57 Å². The van der Waals surface area contributed by atoms with Gasteiger partial charge in [0.2, 0.25) is 0 Å². The highest BCUT2D eigenvalue weighted by atomic mass is 16.3. The summed E-state index contributed by atoms with van der Waals surface area (Å²) in [5.74, 6) is 0. The maximum absolute atomic E-state index is 6.46. The third-order valence-corrected chi connectivity index (χ3v) is 14.0. The molecule has 13 rings (SSSR count). The van der Waals surface area contributed by atoms with Crippen LogP contribution in [0.15, 0.2) is 235 Å². The summed E-state index contributed by atoms with van der Waals surface area (Å²) >= 11 is 0. The van der Waals surface area contributed by atoms with Gasteiger partial charge in [-0.25, -0.2) is 0 Å². The summed E-state index contributed by atoms with van der Waals surface area (Å²) in [5.41, 5.74) is 20.8. The van der Waals surface area contributed by atoms with Crippen LogP contribution < -0.4 is 4.90 Å². The average Bonchev–Trinajstić information content (AvgIpc) is 4.00. The minimum absolute atomic E-state index is 0.228. The first kappa shape index (κ1) is 38.1. The topological polar surface area (TPSA) is 21.3 Å². The number of anilines is 3. The first-order chi connectivity index (χ1) is 32.5. The summed E-state index contributed by atoms with van der Waals surface area (Å²) < 4.78 is 9.00. The summed E-state index contributed by atoms with van der Waals surface area (Å²) in [6.07, 6.45) is 0. The summed E-state index contributed by atoms with van der Waals surface area (Å²) in [4.78, 5) is 2.36. The summed E-state index contributed by atoms with van der Waals surface area (Å²) in [6, 6.07) is 83.7. The van der Waals surface area contributed by atoms with Crippen molar-refractivity contribution in [3.05, 3.63) is 242 Å². The first-order valence-corrected chi connectivity index (χ1v) is 22.8. The third-order valence-electron chi connectivity index (χ3n) is 14.0. The molecule has 0 spiro atoms. The Kier molecular flexibility index (Phi) is 8.56. The number of nitrogens with zero attached hydrogens (tertiary/aromatic N) is 2. The van der Waals surface area contributed by atoms with E-state index in [2.05, 4.69) is 242 Å². The summed E-state index contributed by atoms with van der Waals surface area (Å²) in [6.45, 7) is 4.79. The van der Waals surface area contributed by atoms with Gasteiger partial charge in [0.15, 0.2) is 0 Å². The standard InChI is InChI=1S/C63H44N2O/c1-63(2)56-23-10-6-17-50(56)54-40-39-48(61(60(54)63)65-57-24-11-7-18-51(57)52-19-8-12-25-58(52)65)43-29-35-46(36-30-43)64(45-33-27-42(28-34-45)41-15-4-3-5-16-41)47-37-31-44(32-38-47)49-21-14-22-55-53-20-9-13-26-59(53)66-62(49)55/h3-40H,1-2H3. The number of benzene rings is 10. The monoisotopic (exact) mass is 844 g/mol. The maximum Gasteiger partial charge on any atom is 0.143 e. The van der Waals surface area contributed by atoms with Gasteiger partial charge in [-0.15, -0.1) is 0 Å². The molecule has 2 aromatic heterocycles. The van der Waals surface area contributed by atoms with Gasteiger partial charge in [0, 0.05) is 55.1 Å². The molecule has 3 heteroatoms. The lowest BCUT2D eigenvalue weighted by Crippen LogP contribution is -2.18. The quantitative estimate of drug-likeness (QED) is 0.159. The lowest BCUT2D eigenvalue weighted by atomic mass is 9.80. The molecule has 0 saturated carbocycles. The van der Waals surface area contributed by atoms with E-state index in [1.54, 1.807) is 0 Å². The van der Waals surface area contributed by atoms with Crippen LogP contribution in [0.1, 0.15) is 25.0 Å². The van der Waals surface area contributed by atoms with E-state index in [1.807, 2.05) is 12.1 Å². The second kappa shape index (κ2) is 14.8. The molecule has 0 amide bonds. The van der Waals surface area contributed by atoms with Crippen molar-refractivity contribution < 1.29 is 4.42 Å². The zero-order valence-corrected chi connectivity index (χ0v) is 36.7. The van der Waals surface area contributed by atoms with Crippen LogP contribution in [0.2, 0.25) is 0 Å². The van der Waals surface area contributed by atoms with E-state index < -0.39 is 0 Å². The van der Waals surface area contributed by atoms with Crippen molar-refractivity contribution in [1.29, 1.82) is 0 Å². The van der Waals surface area contributed by atoms with E-state index in [0.717, 1.165) is 50.1 Å². The Balaban J connectivity index is 0.964. The lowest BCUT2D eigenvalue weighted by Gasteiger charge is -2.28. The Labute approximate surface area is 384 Å². The van der Waals surface area contributed by atoms with Gasteiger partial charge < -0.3 is 13.9 Å². The number of hydrogen-bond acceptors (Lipinski definition) is 2. The van der Waals surface area contributed by atoms with Crippen LogP contribution in [-0.4, -0.2) is 4.57 Å². The Bertz CT molecular complexity index is 3760. The molecule has 0 saturated heterocycles. The van der Waals surface area contributed by atoms with Crippen LogP contribution in [0.5, 0.6) is 0 Å². The third kappa shape index (κ3) is 5.83. The molecule has 0 fully saturated rings. The number of fused-ring (bicyclic) bond motifs is 9. The van der Waals surface area contributed by atoms with E-state index in [1.165, 1.54) is 72.0 Å². The van der Waals surface area contributed by atoms with Gasteiger partial charge in [0.05, 0.1) is 16.7 Å². The number of hydrogen-bond donors (Lipinski definition) is 0. The molecule has 66 heavy (non-hydrogen) atoms. The van der Waals surface area contributed by atoms with Gasteiger partial charge in [-0.1, -0.05) is 190 Å². The largest absolute Gasteiger partial charge is 0.455 e. The van der Waals surface area contributed by atoms with Crippen LogP contribution in [0.25, 0.3) is 93.9 Å². The molecule has 312 valence electrons. The number of para-hydroxylation sites is 4. The second-order valence-corrected chi connectivity index (χ2v) is 18.0. The lowest BCUT2D eigenvalue weighted by molar-refractivity contribution is 0.657. The molecule has 1 aliphatic rings. The van der Waals surface area contributed by atoms with Crippen LogP contribution in [0.3, 0.4) is 0 Å². The Hall–Kier alpha value is -8.40. The molecule has 3 nitrogen and oxygen atoms in total. The van der Waals surface area contributed by atoms with Crippen molar-refractivity contribution >= 4 is 60.8 Å². The molecule has 0 atom stereocenters. The van der Waals surface area contributed by atoms with Crippen LogP contribution in [0, 0.1) is 0 Å². The predicted octanol–water partition coefficient (Wildman–Crippen LogP) is 17.5. The van der Waals surface area contributed by atoms with E-state index in [4.69, 9.17) is 4.42 Å². The van der Waals surface area contributed by atoms with E-state index >= 15 is 0 Å². The fraction of sp³-hybridized carbons (Fsp3) is 0.0476. The van der Waals surface area contributed by atoms with E-state index in [-0.39, 0.29) is 5.41 Å². The predicted molar refractivity (Wildman–Crippen MR) is 277 cm³/mol. The number of rotatable bonds is 7. The first-order valence-electron chi connectivity index (χ1n) is 22.8. The van der Waals surface area contributed by atoms with Gasteiger partial charge in [-0.05, 0) is 99.1 Å². The molecule has 10 aromatic carbocycles. The molecule has 0 radical (unpaired) electrons. The fourth-order valence-electron chi connectivity index (χ4n) is 10.9. The zero-order chi connectivity index (χ0) is 43.9. The fourth-order valence-corrected chi connectivity index (χ4v) is 10.9. The van der Waals surface area contributed by atoms with Crippen molar-refractivity contribution in [2.45, 2.75) is 19.3 Å². The Morgan fingerprint density at radius 1 is 0.364 bits per heavy atom. The van der Waals surface area contributed by atoms with Gasteiger partial charge in [0.25, 0.3) is 0 Å². The van der Waals surface area contributed by atoms with Crippen LogP contribution >= 0.6 is 0 Å². The average molecular weight is 845 g/mol. The van der Waals surface area contributed by atoms with Crippen molar-refractivity contribution in [3.63, 3.8) is 0 Å². The Morgan fingerprint density at radius 2 is 0.848 bits per heavy atom. The molecule has 0 unspecified atom stereocenters. The number of aromatic nitrogens is 1. The molecular weight excluding hydrogens is 801 g/mol. The van der Waals surface area contributed by atoms with Gasteiger partial charge >= 0.3 is 0 Å². The van der Waals surface area contributed by atoms with Crippen molar-refractivity contribution in [2.75, 3.05) is 4.90 Å². The summed E-state index contributed by atoms with van der Waals surface area (Å²) in [7, 11) is 0. The summed E-state index contributed by atoms with van der Waals surface area (Å²) in [5, 5.41) is 4.78. The van der Waals surface area contributed by atoms with Gasteiger partial charge in [-0.2, -0.15) is 0 Å². The SMILES string of the molecule is CC1(C)c2ccccc2-c2ccc(-c3ccc(N(c4ccc(-c5ccccc5)cc4)c4ccc(-c5cccc6c5oc5ccccc56)cc4)cc3)c(-n3c4ccccc4c4ccccc43)c21. The van der Waals surface area contributed by atoms with E-state index in [0.29, 0.717) is 0 Å². The highest BCUT2D eigenvalue weighted by Crippen LogP contribution is 2.54. The molecule has 12 aromatic rings. The smallest absolute Gasteiger partial charge is 0.143 e. The molecule has 0 aliphatic heterocycles. The molecule has 0 N–H and O–H groups in total.